The number of methoxy groups -OCH3 is 1. The molecule has 1 aromatic rings. The van der Waals surface area contributed by atoms with Gasteiger partial charge in [0.25, 0.3) is 0 Å². The average molecular weight is 307 g/mol. The van der Waals surface area contributed by atoms with Crippen molar-refractivity contribution in [2.75, 3.05) is 20.2 Å². The predicted octanol–water partition coefficient (Wildman–Crippen LogP) is 2.36. The van der Waals surface area contributed by atoms with E-state index in [1.807, 2.05) is 13.8 Å². The number of aromatic nitrogens is 2. The van der Waals surface area contributed by atoms with Gasteiger partial charge in [0.2, 0.25) is 11.8 Å². The molecule has 1 atom stereocenters. The first-order valence-electron chi connectivity index (χ1n) is 8.16. The van der Waals surface area contributed by atoms with Crippen LogP contribution in [0.4, 0.5) is 0 Å². The minimum absolute atomic E-state index is 0.0208. The van der Waals surface area contributed by atoms with Gasteiger partial charge in [-0.2, -0.15) is 0 Å². The number of rotatable bonds is 4. The second-order valence-electron chi connectivity index (χ2n) is 7.00. The highest BCUT2D eigenvalue weighted by Crippen LogP contribution is 2.49. The molecular formula is C16H25N3O3. The summed E-state index contributed by atoms with van der Waals surface area (Å²) in [6.07, 6.45) is 4.65. The number of ether oxygens (including phenoxy) is 1. The van der Waals surface area contributed by atoms with E-state index < -0.39 is 0 Å². The lowest BCUT2D eigenvalue weighted by Gasteiger charge is -2.28. The van der Waals surface area contributed by atoms with Gasteiger partial charge in [-0.05, 0) is 18.3 Å². The van der Waals surface area contributed by atoms with E-state index in [9.17, 15) is 4.79 Å². The zero-order valence-corrected chi connectivity index (χ0v) is 13.7. The van der Waals surface area contributed by atoms with Crippen LogP contribution in [-0.4, -0.2) is 41.3 Å². The second kappa shape index (κ2) is 5.99. The Morgan fingerprint density at radius 3 is 2.73 bits per heavy atom. The number of likely N-dealkylation sites (tertiary alicyclic amines) is 1. The Morgan fingerprint density at radius 1 is 1.41 bits per heavy atom. The standard InChI is InChI=1S/C16H25N3O3/c1-11(2)14-18-17-13(22-14)9-19-8-12(15(20)21-3)16(10-19)6-4-5-7-16/h11-12H,4-10H2,1-3H3. The van der Waals surface area contributed by atoms with E-state index in [0.29, 0.717) is 18.3 Å². The molecule has 0 N–H and O–H groups in total. The quantitative estimate of drug-likeness (QED) is 0.795. The minimum atomic E-state index is -0.0715. The summed E-state index contributed by atoms with van der Waals surface area (Å²) in [5.41, 5.74) is 0.0913. The summed E-state index contributed by atoms with van der Waals surface area (Å²) >= 11 is 0. The van der Waals surface area contributed by atoms with Gasteiger partial charge in [0, 0.05) is 19.0 Å². The highest BCUT2D eigenvalue weighted by atomic mass is 16.5. The van der Waals surface area contributed by atoms with Crippen molar-refractivity contribution in [2.24, 2.45) is 11.3 Å². The molecule has 0 amide bonds. The molecule has 1 saturated heterocycles. The van der Waals surface area contributed by atoms with Gasteiger partial charge in [0.05, 0.1) is 19.6 Å². The third-order valence-electron chi connectivity index (χ3n) is 5.14. The Bertz CT molecular complexity index is 534. The minimum Gasteiger partial charge on any atom is -0.469 e. The Labute approximate surface area is 131 Å². The Balaban J connectivity index is 1.71. The van der Waals surface area contributed by atoms with Crippen LogP contribution in [0.15, 0.2) is 4.42 Å². The molecule has 0 aromatic carbocycles. The average Bonchev–Trinajstić information content (AvgIpc) is 3.20. The van der Waals surface area contributed by atoms with Crippen molar-refractivity contribution in [3.05, 3.63) is 11.8 Å². The van der Waals surface area contributed by atoms with Gasteiger partial charge in [-0.3, -0.25) is 9.69 Å². The SMILES string of the molecule is COC(=O)C1CN(Cc2nnc(C(C)C)o2)CC12CCCC2. The molecule has 22 heavy (non-hydrogen) atoms. The molecule has 1 aromatic heterocycles. The van der Waals surface area contributed by atoms with Gasteiger partial charge >= 0.3 is 5.97 Å². The molecule has 6 heteroatoms. The molecule has 1 aliphatic carbocycles. The van der Waals surface area contributed by atoms with E-state index in [4.69, 9.17) is 9.15 Å². The van der Waals surface area contributed by atoms with Gasteiger partial charge in [-0.15, -0.1) is 10.2 Å². The maximum Gasteiger partial charge on any atom is 0.310 e. The van der Waals surface area contributed by atoms with Gasteiger partial charge < -0.3 is 9.15 Å². The summed E-state index contributed by atoms with van der Waals surface area (Å²) in [6, 6.07) is 0. The smallest absolute Gasteiger partial charge is 0.310 e. The van der Waals surface area contributed by atoms with Crippen LogP contribution in [0, 0.1) is 11.3 Å². The fraction of sp³-hybridized carbons (Fsp3) is 0.812. The highest BCUT2D eigenvalue weighted by molar-refractivity contribution is 5.74. The molecule has 1 saturated carbocycles. The van der Waals surface area contributed by atoms with Crippen LogP contribution in [0.3, 0.4) is 0 Å². The van der Waals surface area contributed by atoms with E-state index in [0.717, 1.165) is 25.9 Å². The third kappa shape index (κ3) is 2.76. The van der Waals surface area contributed by atoms with Gasteiger partial charge in [-0.25, -0.2) is 0 Å². The van der Waals surface area contributed by atoms with E-state index in [2.05, 4.69) is 15.1 Å². The summed E-state index contributed by atoms with van der Waals surface area (Å²) in [6.45, 7) is 6.34. The maximum absolute atomic E-state index is 12.2. The van der Waals surface area contributed by atoms with Gasteiger partial charge in [-0.1, -0.05) is 26.7 Å². The largest absolute Gasteiger partial charge is 0.469 e. The van der Waals surface area contributed by atoms with Crippen LogP contribution < -0.4 is 0 Å². The predicted molar refractivity (Wildman–Crippen MR) is 80.1 cm³/mol. The number of carbonyl (C=O) groups excluding carboxylic acids is 1. The fourth-order valence-electron chi connectivity index (χ4n) is 4.00. The first kappa shape index (κ1) is 15.5. The zero-order valence-electron chi connectivity index (χ0n) is 13.7. The second-order valence-corrected chi connectivity index (χ2v) is 7.00. The molecular weight excluding hydrogens is 282 g/mol. The molecule has 0 bridgehead atoms. The van der Waals surface area contributed by atoms with Crippen molar-refractivity contribution < 1.29 is 13.9 Å². The zero-order chi connectivity index (χ0) is 15.7. The molecule has 2 heterocycles. The number of hydrogen-bond acceptors (Lipinski definition) is 6. The maximum atomic E-state index is 12.2. The molecule has 3 rings (SSSR count). The summed E-state index contributed by atoms with van der Waals surface area (Å²) in [7, 11) is 1.49. The van der Waals surface area contributed by atoms with Crippen molar-refractivity contribution in [1.29, 1.82) is 0 Å². The molecule has 122 valence electrons. The normalized spacial score (nSPS) is 24.5. The molecule has 1 aliphatic heterocycles. The van der Waals surface area contributed by atoms with E-state index in [-0.39, 0.29) is 23.2 Å². The fourth-order valence-corrected chi connectivity index (χ4v) is 4.00. The van der Waals surface area contributed by atoms with Crippen molar-refractivity contribution in [3.63, 3.8) is 0 Å². The van der Waals surface area contributed by atoms with Crippen LogP contribution in [0.2, 0.25) is 0 Å². The van der Waals surface area contributed by atoms with Crippen LogP contribution in [-0.2, 0) is 16.1 Å². The van der Waals surface area contributed by atoms with Crippen molar-refractivity contribution in [2.45, 2.75) is 52.0 Å². The third-order valence-corrected chi connectivity index (χ3v) is 5.14. The van der Waals surface area contributed by atoms with Gasteiger partial charge in [0.1, 0.15) is 0 Å². The molecule has 2 fully saturated rings. The van der Waals surface area contributed by atoms with Crippen molar-refractivity contribution in [3.8, 4) is 0 Å². The first-order chi connectivity index (χ1) is 10.5. The molecule has 2 aliphatic rings. The van der Waals surface area contributed by atoms with Crippen LogP contribution in [0.1, 0.15) is 57.2 Å². The van der Waals surface area contributed by atoms with Crippen molar-refractivity contribution >= 4 is 5.97 Å². The highest BCUT2D eigenvalue weighted by Gasteiger charge is 2.51. The lowest BCUT2D eigenvalue weighted by atomic mass is 9.76. The number of hydrogen-bond donors (Lipinski definition) is 0. The number of carbonyl (C=O) groups is 1. The van der Waals surface area contributed by atoms with Gasteiger partial charge in [0.15, 0.2) is 0 Å². The van der Waals surface area contributed by atoms with Crippen LogP contribution >= 0.6 is 0 Å². The molecule has 6 nitrogen and oxygen atoms in total. The van der Waals surface area contributed by atoms with Crippen LogP contribution in [0.25, 0.3) is 0 Å². The van der Waals surface area contributed by atoms with E-state index in [1.54, 1.807) is 0 Å². The lowest BCUT2D eigenvalue weighted by molar-refractivity contribution is -0.148. The number of nitrogens with zero attached hydrogens (tertiary/aromatic N) is 3. The van der Waals surface area contributed by atoms with E-state index >= 15 is 0 Å². The Kier molecular flexibility index (Phi) is 4.21. The molecule has 1 spiro atoms. The Hall–Kier alpha value is -1.43. The number of esters is 1. The van der Waals surface area contributed by atoms with Crippen molar-refractivity contribution in [1.82, 2.24) is 15.1 Å². The van der Waals surface area contributed by atoms with E-state index in [1.165, 1.54) is 20.0 Å². The molecule has 1 unspecified atom stereocenters. The summed E-state index contributed by atoms with van der Waals surface area (Å²) in [5.74, 6) is 1.46. The first-order valence-corrected chi connectivity index (χ1v) is 8.16. The summed E-state index contributed by atoms with van der Waals surface area (Å²) in [4.78, 5) is 14.4. The lowest BCUT2D eigenvalue weighted by Crippen LogP contribution is -2.33. The summed E-state index contributed by atoms with van der Waals surface area (Å²) in [5, 5.41) is 8.21. The molecule has 0 radical (unpaired) electrons. The summed E-state index contributed by atoms with van der Waals surface area (Å²) < 4.78 is 10.7. The Morgan fingerprint density at radius 2 is 2.14 bits per heavy atom. The van der Waals surface area contributed by atoms with Crippen LogP contribution in [0.5, 0.6) is 0 Å². The topological polar surface area (TPSA) is 68.5 Å². The monoisotopic (exact) mass is 307 g/mol.